The van der Waals surface area contributed by atoms with E-state index in [0.717, 1.165) is 6.42 Å². The van der Waals surface area contributed by atoms with Crippen molar-refractivity contribution in [2.45, 2.75) is 26.7 Å². The highest BCUT2D eigenvalue weighted by molar-refractivity contribution is 5.98. The summed E-state index contributed by atoms with van der Waals surface area (Å²) in [6, 6.07) is 0. The van der Waals surface area contributed by atoms with Crippen molar-refractivity contribution in [1.82, 2.24) is 0 Å². The summed E-state index contributed by atoms with van der Waals surface area (Å²) in [4.78, 5) is 21.8. The number of hydrogen-bond acceptors (Lipinski definition) is 3. The Morgan fingerprint density at radius 2 is 2.00 bits per heavy atom. The molecule has 0 unspecified atom stereocenters. The van der Waals surface area contributed by atoms with Crippen molar-refractivity contribution < 1.29 is 14.3 Å². The maximum absolute atomic E-state index is 11.0. The van der Waals surface area contributed by atoms with Crippen LogP contribution in [0.25, 0.3) is 0 Å². The lowest BCUT2D eigenvalue weighted by Crippen LogP contribution is -2.21. The summed E-state index contributed by atoms with van der Waals surface area (Å²) in [5.74, 6) is -1.08. The van der Waals surface area contributed by atoms with E-state index >= 15 is 0 Å². The lowest BCUT2D eigenvalue weighted by molar-refractivity contribution is -0.148. The maximum atomic E-state index is 11.0. The molecule has 0 rings (SSSR count). The Labute approximate surface area is 66.7 Å². The Balaban J connectivity index is 3.91. The lowest BCUT2D eigenvalue weighted by atomic mass is 10.0. The second-order valence-electron chi connectivity index (χ2n) is 2.46. The summed E-state index contributed by atoms with van der Waals surface area (Å²) < 4.78 is 4.42. The summed E-state index contributed by atoms with van der Waals surface area (Å²) in [7, 11) is 1.29. The topological polar surface area (TPSA) is 43.4 Å². The monoisotopic (exact) mass is 158 g/mol. The molecule has 0 radical (unpaired) electrons. The quantitative estimate of drug-likeness (QED) is 0.455. The van der Waals surface area contributed by atoms with Crippen molar-refractivity contribution in [1.29, 1.82) is 0 Å². The zero-order chi connectivity index (χ0) is 8.85. The van der Waals surface area contributed by atoms with Gasteiger partial charge < -0.3 is 4.74 Å². The van der Waals surface area contributed by atoms with Crippen molar-refractivity contribution in [2.24, 2.45) is 5.92 Å². The van der Waals surface area contributed by atoms with Crippen LogP contribution in [0.3, 0.4) is 0 Å². The van der Waals surface area contributed by atoms with E-state index in [0.29, 0.717) is 6.42 Å². The Kier molecular flexibility index (Phi) is 4.50. The lowest BCUT2D eigenvalue weighted by Gasteiger charge is -2.05. The predicted octanol–water partition coefficient (Wildman–Crippen LogP) is 1.16. The van der Waals surface area contributed by atoms with Crippen LogP contribution >= 0.6 is 0 Å². The molecular formula is C8H14O3. The van der Waals surface area contributed by atoms with Crippen molar-refractivity contribution in [2.75, 3.05) is 7.11 Å². The fourth-order valence-electron chi connectivity index (χ4n) is 0.771. The highest BCUT2D eigenvalue weighted by Crippen LogP contribution is 2.04. The largest absolute Gasteiger partial charge is 0.468 e. The molecule has 3 heteroatoms. The van der Waals surface area contributed by atoms with Gasteiger partial charge in [-0.15, -0.1) is 0 Å². The number of ether oxygens (including phenoxy) is 1. The minimum Gasteiger partial charge on any atom is -0.468 e. The smallest absolute Gasteiger partial charge is 0.315 e. The van der Waals surface area contributed by atoms with E-state index in [9.17, 15) is 9.59 Å². The Morgan fingerprint density at radius 3 is 2.36 bits per heavy atom. The van der Waals surface area contributed by atoms with Gasteiger partial charge in [0.05, 0.1) is 7.11 Å². The van der Waals surface area contributed by atoms with Crippen molar-refractivity contribution >= 4 is 11.8 Å². The molecule has 0 saturated carbocycles. The molecule has 11 heavy (non-hydrogen) atoms. The summed E-state index contributed by atoms with van der Waals surface area (Å²) in [6.45, 7) is 3.48. The number of Topliss-reactive ketones (excluding diaryl/α,β-unsaturated/α-hetero) is 1. The fourth-order valence-corrected chi connectivity index (χ4v) is 0.771. The Bertz CT molecular complexity index is 151. The van der Waals surface area contributed by atoms with Gasteiger partial charge in [-0.2, -0.15) is 0 Å². The summed E-state index contributed by atoms with van der Waals surface area (Å²) in [6.07, 6.45) is 1.23. The molecule has 0 bridgehead atoms. The molecule has 64 valence electrons. The first kappa shape index (κ1) is 10.1. The third kappa shape index (κ3) is 3.16. The van der Waals surface area contributed by atoms with E-state index in [1.807, 2.05) is 6.92 Å². The number of esters is 1. The van der Waals surface area contributed by atoms with Crippen LogP contribution in [-0.2, 0) is 14.3 Å². The first-order valence-electron chi connectivity index (χ1n) is 3.74. The average Bonchev–Trinajstić information content (AvgIpc) is 2.02. The van der Waals surface area contributed by atoms with Gasteiger partial charge in [0, 0.05) is 6.42 Å². The second kappa shape index (κ2) is 4.88. The average molecular weight is 158 g/mol. The van der Waals surface area contributed by atoms with Crippen LogP contribution in [0, 0.1) is 5.92 Å². The molecule has 0 saturated heterocycles. The van der Waals surface area contributed by atoms with Crippen LogP contribution in [-0.4, -0.2) is 18.9 Å². The molecule has 0 spiro atoms. The number of rotatable bonds is 4. The molecule has 3 nitrogen and oxygen atoms in total. The van der Waals surface area contributed by atoms with E-state index in [1.54, 1.807) is 6.92 Å². The third-order valence-electron chi connectivity index (χ3n) is 1.53. The molecule has 0 aromatic heterocycles. The highest BCUT2D eigenvalue weighted by atomic mass is 16.5. The fraction of sp³-hybridized carbons (Fsp3) is 0.750. The van der Waals surface area contributed by atoms with Crippen LogP contribution < -0.4 is 0 Å². The summed E-state index contributed by atoms with van der Waals surface area (Å²) in [5.41, 5.74) is 0. The van der Waals surface area contributed by atoms with Gasteiger partial charge >= 0.3 is 5.97 Å². The van der Waals surface area contributed by atoms with Gasteiger partial charge in [-0.3, -0.25) is 9.59 Å². The number of carbonyl (C=O) groups excluding carboxylic acids is 2. The van der Waals surface area contributed by atoms with E-state index in [2.05, 4.69) is 4.74 Å². The Morgan fingerprint density at radius 1 is 1.45 bits per heavy atom. The van der Waals surface area contributed by atoms with Gasteiger partial charge in [-0.05, 0) is 13.3 Å². The van der Waals surface area contributed by atoms with Gasteiger partial charge in [0.1, 0.15) is 11.7 Å². The first-order chi connectivity index (χ1) is 5.13. The van der Waals surface area contributed by atoms with Crippen LogP contribution in [0.4, 0.5) is 0 Å². The minimum absolute atomic E-state index is 0.0423. The molecule has 0 aromatic rings. The van der Waals surface area contributed by atoms with Crippen LogP contribution in [0.15, 0.2) is 0 Å². The second-order valence-corrected chi connectivity index (χ2v) is 2.46. The number of ketones is 1. The van der Waals surface area contributed by atoms with Gasteiger partial charge in [0.15, 0.2) is 0 Å². The number of methoxy groups -OCH3 is 1. The molecule has 1 atom stereocenters. The van der Waals surface area contributed by atoms with E-state index < -0.39 is 11.9 Å². The predicted molar refractivity (Wildman–Crippen MR) is 41.1 cm³/mol. The van der Waals surface area contributed by atoms with Gasteiger partial charge in [0.2, 0.25) is 0 Å². The van der Waals surface area contributed by atoms with Crippen molar-refractivity contribution in [3.05, 3.63) is 0 Å². The van der Waals surface area contributed by atoms with E-state index in [-0.39, 0.29) is 5.78 Å². The number of hydrogen-bond donors (Lipinski definition) is 0. The zero-order valence-electron chi connectivity index (χ0n) is 7.22. The third-order valence-corrected chi connectivity index (χ3v) is 1.53. The van der Waals surface area contributed by atoms with Gasteiger partial charge in [-0.25, -0.2) is 0 Å². The normalized spacial score (nSPS) is 12.3. The number of carbonyl (C=O) groups is 2. The summed E-state index contributed by atoms with van der Waals surface area (Å²) in [5, 5.41) is 0. The van der Waals surface area contributed by atoms with Gasteiger partial charge in [-0.1, -0.05) is 6.92 Å². The Hall–Kier alpha value is -0.860. The molecule has 0 aliphatic heterocycles. The summed E-state index contributed by atoms with van der Waals surface area (Å²) >= 11 is 0. The molecular weight excluding hydrogens is 144 g/mol. The van der Waals surface area contributed by atoms with Crippen LogP contribution in [0.1, 0.15) is 26.7 Å². The molecule has 0 aliphatic carbocycles. The molecule has 0 fully saturated rings. The first-order valence-corrected chi connectivity index (χ1v) is 3.74. The van der Waals surface area contributed by atoms with Gasteiger partial charge in [0.25, 0.3) is 0 Å². The van der Waals surface area contributed by atoms with Crippen molar-refractivity contribution in [3.63, 3.8) is 0 Å². The van der Waals surface area contributed by atoms with Crippen LogP contribution in [0.2, 0.25) is 0 Å². The van der Waals surface area contributed by atoms with E-state index in [4.69, 9.17) is 0 Å². The molecule has 0 aliphatic rings. The minimum atomic E-state index is -0.597. The zero-order valence-corrected chi connectivity index (χ0v) is 7.22. The highest BCUT2D eigenvalue weighted by Gasteiger charge is 2.20. The molecule has 0 heterocycles. The maximum Gasteiger partial charge on any atom is 0.315 e. The SMILES string of the molecule is CCCC(=O)[C@@H](C)C(=O)OC. The van der Waals surface area contributed by atoms with Crippen molar-refractivity contribution in [3.8, 4) is 0 Å². The molecule has 0 aromatic carbocycles. The molecule has 0 amide bonds. The standard InChI is InChI=1S/C8H14O3/c1-4-5-7(9)6(2)8(10)11-3/h6H,4-5H2,1-3H3/t6-/m1/s1. The van der Waals surface area contributed by atoms with Crippen LogP contribution in [0.5, 0.6) is 0 Å². The molecule has 0 N–H and O–H groups in total. The van der Waals surface area contributed by atoms with E-state index in [1.165, 1.54) is 7.11 Å².